The normalized spacial score (nSPS) is 9.93. The minimum Gasteiger partial charge on any atom is -0.442 e. The van der Waals surface area contributed by atoms with E-state index < -0.39 is 5.97 Å². The lowest BCUT2D eigenvalue weighted by molar-refractivity contribution is 0.0699. The van der Waals surface area contributed by atoms with Gasteiger partial charge in [0.1, 0.15) is 5.75 Å². The van der Waals surface area contributed by atoms with Gasteiger partial charge in [-0.2, -0.15) is 0 Å². The van der Waals surface area contributed by atoms with Gasteiger partial charge in [0.05, 0.1) is 6.20 Å². The highest BCUT2D eigenvalue weighted by atomic mass is 79.9. The highest BCUT2D eigenvalue weighted by Crippen LogP contribution is 2.16. The Morgan fingerprint density at radius 2 is 2.27 bits per heavy atom. The van der Waals surface area contributed by atoms with Crippen molar-refractivity contribution in [3.8, 4) is 5.75 Å². The predicted molar refractivity (Wildman–Crippen MR) is 55.6 cm³/mol. The van der Waals surface area contributed by atoms with Gasteiger partial charge in [-0.15, -0.1) is 0 Å². The van der Waals surface area contributed by atoms with Crippen LogP contribution in [0.15, 0.2) is 45.7 Å². The molecule has 4 nitrogen and oxygen atoms in total. The molecule has 0 N–H and O–H groups in total. The minimum atomic E-state index is -0.547. The first kappa shape index (κ1) is 9.92. The molecule has 0 atom stereocenters. The van der Waals surface area contributed by atoms with Crippen molar-refractivity contribution in [2.24, 2.45) is 0 Å². The fourth-order valence-electron chi connectivity index (χ4n) is 0.989. The standard InChI is InChI=1S/C10H6BrNO3/c11-9-4-3-8(15-9)10(13)14-7-2-1-5-12-6-7/h1-6H. The van der Waals surface area contributed by atoms with Crippen LogP contribution in [0.2, 0.25) is 0 Å². The van der Waals surface area contributed by atoms with Crippen LogP contribution in [0.25, 0.3) is 0 Å². The van der Waals surface area contributed by atoms with Crippen LogP contribution in [0.4, 0.5) is 0 Å². The summed E-state index contributed by atoms with van der Waals surface area (Å²) in [5, 5.41) is 0. The van der Waals surface area contributed by atoms with E-state index >= 15 is 0 Å². The molecule has 0 aliphatic carbocycles. The van der Waals surface area contributed by atoms with Crippen LogP contribution in [-0.2, 0) is 0 Å². The van der Waals surface area contributed by atoms with E-state index in [0.717, 1.165) is 0 Å². The first-order valence-corrected chi connectivity index (χ1v) is 4.92. The third-order valence-electron chi connectivity index (χ3n) is 1.62. The number of rotatable bonds is 2. The Balaban J connectivity index is 2.11. The summed E-state index contributed by atoms with van der Waals surface area (Å²) in [4.78, 5) is 15.3. The topological polar surface area (TPSA) is 52.3 Å². The van der Waals surface area contributed by atoms with Crippen LogP contribution in [0.1, 0.15) is 10.6 Å². The summed E-state index contributed by atoms with van der Waals surface area (Å²) in [6.45, 7) is 0. The number of nitrogens with zero attached hydrogens (tertiary/aromatic N) is 1. The SMILES string of the molecule is O=C(Oc1cccnc1)c1ccc(Br)o1. The number of halogens is 1. The number of aromatic nitrogens is 1. The largest absolute Gasteiger partial charge is 0.442 e. The van der Waals surface area contributed by atoms with Gasteiger partial charge in [0, 0.05) is 6.20 Å². The van der Waals surface area contributed by atoms with Crippen molar-refractivity contribution in [1.82, 2.24) is 4.98 Å². The second-order valence-corrected chi connectivity index (χ2v) is 3.46. The molecule has 0 aliphatic rings. The average Bonchev–Trinajstić information content (AvgIpc) is 2.66. The molecule has 0 spiro atoms. The molecule has 0 unspecified atom stereocenters. The van der Waals surface area contributed by atoms with Crippen LogP contribution >= 0.6 is 15.9 Å². The van der Waals surface area contributed by atoms with E-state index in [1.165, 1.54) is 12.3 Å². The van der Waals surface area contributed by atoms with Crippen LogP contribution in [0, 0.1) is 0 Å². The van der Waals surface area contributed by atoms with Crippen LogP contribution in [0.3, 0.4) is 0 Å². The van der Waals surface area contributed by atoms with Crippen molar-refractivity contribution in [2.75, 3.05) is 0 Å². The number of esters is 1. The quantitative estimate of drug-likeness (QED) is 0.785. The van der Waals surface area contributed by atoms with Crippen molar-refractivity contribution in [3.05, 3.63) is 47.1 Å². The lowest BCUT2D eigenvalue weighted by atomic mass is 10.4. The van der Waals surface area contributed by atoms with E-state index in [4.69, 9.17) is 9.15 Å². The molecule has 0 bridgehead atoms. The van der Waals surface area contributed by atoms with E-state index in [9.17, 15) is 4.79 Å². The molecule has 2 heterocycles. The van der Waals surface area contributed by atoms with Gasteiger partial charge >= 0.3 is 5.97 Å². The lowest BCUT2D eigenvalue weighted by Gasteiger charge is -1.99. The van der Waals surface area contributed by atoms with Gasteiger partial charge in [-0.1, -0.05) is 0 Å². The summed E-state index contributed by atoms with van der Waals surface area (Å²) in [5.74, 6) is -0.0190. The predicted octanol–water partition coefficient (Wildman–Crippen LogP) is 2.66. The number of ether oxygens (including phenoxy) is 1. The maximum absolute atomic E-state index is 11.5. The summed E-state index contributed by atoms with van der Waals surface area (Å²) in [6, 6.07) is 6.48. The second-order valence-electron chi connectivity index (χ2n) is 2.68. The van der Waals surface area contributed by atoms with Gasteiger partial charge in [-0.25, -0.2) is 4.79 Å². The molecule has 0 saturated heterocycles. The fourth-order valence-corrected chi connectivity index (χ4v) is 1.30. The molecule has 0 aromatic carbocycles. The number of carbonyl (C=O) groups is 1. The number of hydrogen-bond donors (Lipinski definition) is 0. The Morgan fingerprint density at radius 3 is 2.87 bits per heavy atom. The molecular formula is C10H6BrNO3. The zero-order valence-corrected chi connectivity index (χ0v) is 9.10. The van der Waals surface area contributed by atoms with E-state index in [1.807, 2.05) is 0 Å². The highest BCUT2D eigenvalue weighted by Gasteiger charge is 2.12. The Labute approximate surface area is 94.0 Å². The molecule has 76 valence electrons. The number of carbonyl (C=O) groups excluding carboxylic acids is 1. The number of hydrogen-bond acceptors (Lipinski definition) is 4. The van der Waals surface area contributed by atoms with E-state index in [2.05, 4.69) is 20.9 Å². The summed E-state index contributed by atoms with van der Waals surface area (Å²) < 4.78 is 10.5. The third-order valence-corrected chi connectivity index (χ3v) is 2.05. The molecule has 2 rings (SSSR count). The zero-order chi connectivity index (χ0) is 10.7. The summed E-state index contributed by atoms with van der Waals surface area (Å²) in [6.07, 6.45) is 3.05. The maximum Gasteiger partial charge on any atom is 0.379 e. The monoisotopic (exact) mass is 267 g/mol. The summed E-state index contributed by atoms with van der Waals surface area (Å²) in [5.41, 5.74) is 0. The van der Waals surface area contributed by atoms with E-state index in [0.29, 0.717) is 10.4 Å². The minimum absolute atomic E-state index is 0.144. The molecular weight excluding hydrogens is 262 g/mol. The fraction of sp³-hybridized carbons (Fsp3) is 0. The van der Waals surface area contributed by atoms with Crippen molar-refractivity contribution in [3.63, 3.8) is 0 Å². The van der Waals surface area contributed by atoms with Gasteiger partial charge in [-0.3, -0.25) is 4.98 Å². The lowest BCUT2D eigenvalue weighted by Crippen LogP contribution is -2.07. The molecule has 0 radical (unpaired) electrons. The zero-order valence-electron chi connectivity index (χ0n) is 7.51. The Bertz CT molecular complexity index is 467. The van der Waals surface area contributed by atoms with Crippen molar-refractivity contribution >= 4 is 21.9 Å². The Kier molecular flexibility index (Phi) is 2.82. The summed E-state index contributed by atoms with van der Waals surface area (Å²) in [7, 11) is 0. The van der Waals surface area contributed by atoms with Gasteiger partial charge in [0.25, 0.3) is 0 Å². The molecule has 0 amide bonds. The molecule has 0 aliphatic heterocycles. The van der Waals surface area contributed by atoms with E-state index in [-0.39, 0.29) is 5.76 Å². The molecule has 0 saturated carbocycles. The van der Waals surface area contributed by atoms with Crippen LogP contribution < -0.4 is 4.74 Å². The second kappa shape index (κ2) is 4.27. The first-order chi connectivity index (χ1) is 7.25. The Hall–Kier alpha value is -1.62. The molecule has 2 aromatic heterocycles. The van der Waals surface area contributed by atoms with Crippen molar-refractivity contribution in [1.29, 1.82) is 0 Å². The first-order valence-electron chi connectivity index (χ1n) is 4.13. The maximum atomic E-state index is 11.5. The number of pyridine rings is 1. The Morgan fingerprint density at radius 1 is 1.40 bits per heavy atom. The van der Waals surface area contributed by atoms with Gasteiger partial charge in [0.2, 0.25) is 5.76 Å². The molecule has 5 heteroatoms. The van der Waals surface area contributed by atoms with Crippen molar-refractivity contribution in [2.45, 2.75) is 0 Å². The van der Waals surface area contributed by atoms with Gasteiger partial charge < -0.3 is 9.15 Å². The molecule has 0 fully saturated rings. The average molecular weight is 268 g/mol. The van der Waals surface area contributed by atoms with E-state index in [1.54, 1.807) is 24.4 Å². The highest BCUT2D eigenvalue weighted by molar-refractivity contribution is 9.10. The van der Waals surface area contributed by atoms with Crippen LogP contribution in [-0.4, -0.2) is 11.0 Å². The third kappa shape index (κ3) is 2.44. The number of furan rings is 1. The molecule has 2 aromatic rings. The van der Waals surface area contributed by atoms with Crippen molar-refractivity contribution < 1.29 is 13.9 Å². The molecule has 15 heavy (non-hydrogen) atoms. The van der Waals surface area contributed by atoms with Crippen LogP contribution in [0.5, 0.6) is 5.75 Å². The smallest absolute Gasteiger partial charge is 0.379 e. The summed E-state index contributed by atoms with van der Waals surface area (Å²) >= 11 is 3.10. The van der Waals surface area contributed by atoms with Gasteiger partial charge in [-0.05, 0) is 40.2 Å². The van der Waals surface area contributed by atoms with Gasteiger partial charge in [0.15, 0.2) is 4.67 Å².